The van der Waals surface area contributed by atoms with Crippen molar-refractivity contribution in [1.29, 1.82) is 0 Å². The first-order valence-electron chi connectivity index (χ1n) is 12.5. The van der Waals surface area contributed by atoms with Crippen LogP contribution in [0.5, 0.6) is 0 Å². The maximum atomic E-state index is 13.6. The molecular weight excluding hydrogens is 428 g/mol. The number of piperidine rings is 2. The van der Waals surface area contributed by atoms with Crippen LogP contribution in [0, 0.1) is 5.41 Å². The Morgan fingerprint density at radius 1 is 1.03 bits per heavy atom. The van der Waals surface area contributed by atoms with Crippen LogP contribution in [0.3, 0.4) is 0 Å². The number of carbonyl (C=O) groups excluding carboxylic acids is 1. The monoisotopic (exact) mass is 462 g/mol. The second-order valence-electron chi connectivity index (χ2n) is 10.9. The van der Waals surface area contributed by atoms with Crippen LogP contribution >= 0.6 is 0 Å². The van der Waals surface area contributed by atoms with Crippen molar-refractivity contribution >= 4 is 16.1 Å². The second kappa shape index (κ2) is 7.81. The van der Waals surface area contributed by atoms with E-state index in [0.717, 1.165) is 44.3 Å². The third-order valence-corrected chi connectivity index (χ3v) is 10.9. The molecule has 0 radical (unpaired) electrons. The maximum absolute atomic E-state index is 13.6. The fourth-order valence-corrected chi connectivity index (χ4v) is 8.84. The van der Waals surface area contributed by atoms with Crippen LogP contribution < -0.4 is 5.32 Å². The van der Waals surface area contributed by atoms with Crippen molar-refractivity contribution in [3.05, 3.63) is 17.5 Å². The van der Waals surface area contributed by atoms with E-state index in [1.165, 1.54) is 25.7 Å². The average Bonchev–Trinajstić information content (AvgIpc) is 3.20. The van der Waals surface area contributed by atoms with Gasteiger partial charge in [-0.15, -0.1) is 0 Å². The molecule has 3 atom stereocenters. The minimum absolute atomic E-state index is 0.0179. The summed E-state index contributed by atoms with van der Waals surface area (Å²) in [7, 11) is -3.44. The van der Waals surface area contributed by atoms with E-state index in [1.807, 2.05) is 0 Å². The number of rotatable bonds is 5. The van der Waals surface area contributed by atoms with Crippen LogP contribution in [0.1, 0.15) is 99.2 Å². The van der Waals surface area contributed by atoms with E-state index in [9.17, 15) is 13.2 Å². The minimum Gasteiger partial charge on any atom is -0.360 e. The topological polar surface area (TPSA) is 95.8 Å². The molecular formula is C23H34N4O4S. The highest BCUT2D eigenvalue weighted by molar-refractivity contribution is 7.86. The lowest BCUT2D eigenvalue weighted by molar-refractivity contribution is 0.0895. The largest absolute Gasteiger partial charge is 0.360 e. The van der Waals surface area contributed by atoms with Gasteiger partial charge in [0, 0.05) is 43.2 Å². The molecule has 2 saturated carbocycles. The third kappa shape index (κ3) is 3.70. The highest BCUT2D eigenvalue weighted by Crippen LogP contribution is 2.47. The number of aromatic nitrogens is 1. The van der Waals surface area contributed by atoms with Crippen molar-refractivity contribution in [2.75, 3.05) is 13.1 Å². The molecule has 0 aromatic carbocycles. The molecule has 176 valence electrons. The summed E-state index contributed by atoms with van der Waals surface area (Å²) in [6.07, 6.45) is 12.5. The van der Waals surface area contributed by atoms with Crippen LogP contribution in [-0.2, 0) is 10.2 Å². The van der Waals surface area contributed by atoms with Gasteiger partial charge in [0.25, 0.3) is 16.1 Å². The molecule has 9 heteroatoms. The summed E-state index contributed by atoms with van der Waals surface area (Å²) in [5.41, 5.74) is 0.742. The molecule has 6 rings (SSSR count). The molecule has 2 aliphatic carbocycles. The van der Waals surface area contributed by atoms with Gasteiger partial charge < -0.3 is 9.84 Å². The second-order valence-corrected chi connectivity index (χ2v) is 12.7. The Bertz CT molecular complexity index is 958. The summed E-state index contributed by atoms with van der Waals surface area (Å²) < 4.78 is 36.0. The smallest absolute Gasteiger partial charge is 0.282 e. The summed E-state index contributed by atoms with van der Waals surface area (Å²) in [4.78, 5) is 12.7. The number of carbonyl (C=O) groups is 1. The highest BCUT2D eigenvalue weighted by Gasteiger charge is 2.50. The van der Waals surface area contributed by atoms with Gasteiger partial charge in [-0.05, 0) is 69.6 Å². The van der Waals surface area contributed by atoms with Crippen molar-refractivity contribution in [1.82, 2.24) is 19.1 Å². The van der Waals surface area contributed by atoms with Crippen LogP contribution in [0.25, 0.3) is 0 Å². The first-order chi connectivity index (χ1) is 15.4. The Balaban J connectivity index is 1.09. The van der Waals surface area contributed by atoms with Crippen molar-refractivity contribution in [2.24, 2.45) is 5.41 Å². The van der Waals surface area contributed by atoms with Crippen molar-refractivity contribution in [3.63, 3.8) is 0 Å². The number of nitrogens with zero attached hydrogens (tertiary/aromatic N) is 3. The van der Waals surface area contributed by atoms with Crippen molar-refractivity contribution < 1.29 is 17.7 Å². The number of nitrogens with one attached hydrogen (secondary N) is 1. The standard InChI is InChI=1S/C23H34N4O4S/c28-22(20-15-21(31-25-20)16-3-4-16)24-17-13-18-5-6-19(14-17)27(18)32(29,30)26-11-9-23(10-12-26)7-1-2-8-23/h15-19H,1-14H2,(H,24,28)/t17?,18-,19+. The molecule has 3 aliphatic heterocycles. The maximum Gasteiger partial charge on any atom is 0.282 e. The predicted molar refractivity (Wildman–Crippen MR) is 118 cm³/mol. The molecule has 1 aromatic rings. The Morgan fingerprint density at radius 3 is 2.31 bits per heavy atom. The normalized spacial score (nSPS) is 33.1. The first kappa shape index (κ1) is 21.1. The zero-order valence-corrected chi connectivity index (χ0v) is 19.5. The Labute approximate surface area is 190 Å². The Hall–Kier alpha value is -1.45. The summed E-state index contributed by atoms with van der Waals surface area (Å²) in [5, 5.41) is 7.04. The number of amides is 1. The summed E-state index contributed by atoms with van der Waals surface area (Å²) in [6, 6.07) is 1.70. The van der Waals surface area contributed by atoms with Gasteiger partial charge in [-0.25, -0.2) is 0 Å². The van der Waals surface area contributed by atoms with Crippen LogP contribution in [0.15, 0.2) is 10.6 Å². The quantitative estimate of drug-likeness (QED) is 0.725. The van der Waals surface area contributed by atoms with E-state index in [2.05, 4.69) is 10.5 Å². The van der Waals surface area contributed by atoms with Gasteiger partial charge in [0.05, 0.1) is 0 Å². The van der Waals surface area contributed by atoms with E-state index in [1.54, 1.807) is 14.7 Å². The van der Waals surface area contributed by atoms with Crippen molar-refractivity contribution in [3.8, 4) is 0 Å². The molecule has 5 fully saturated rings. The molecule has 5 aliphatic rings. The van der Waals surface area contributed by atoms with Gasteiger partial charge in [-0.2, -0.15) is 17.0 Å². The van der Waals surface area contributed by atoms with Gasteiger partial charge in [-0.3, -0.25) is 4.79 Å². The number of hydrogen-bond acceptors (Lipinski definition) is 5. The average molecular weight is 463 g/mol. The summed E-state index contributed by atoms with van der Waals surface area (Å²) in [5.74, 6) is 1.02. The van der Waals surface area contributed by atoms with E-state index in [0.29, 0.717) is 43.0 Å². The van der Waals surface area contributed by atoms with Crippen LogP contribution in [0.2, 0.25) is 0 Å². The molecule has 1 amide bonds. The molecule has 32 heavy (non-hydrogen) atoms. The lowest BCUT2D eigenvalue weighted by atomic mass is 9.78. The van der Waals surface area contributed by atoms with Crippen LogP contribution in [-0.4, -0.2) is 59.3 Å². The first-order valence-corrected chi connectivity index (χ1v) is 13.9. The van der Waals surface area contributed by atoms with E-state index in [-0.39, 0.29) is 24.0 Å². The number of fused-ring (bicyclic) bond motifs is 2. The SMILES string of the molecule is O=C(NC1C[C@H]2CC[C@@H](C1)N2S(=O)(=O)N1CCC2(CCCC2)CC1)c1cc(C2CC2)on1. The number of hydrogen-bond donors (Lipinski definition) is 1. The minimum atomic E-state index is -3.44. The molecule has 8 nitrogen and oxygen atoms in total. The molecule has 2 bridgehead atoms. The fraction of sp³-hybridized carbons (Fsp3) is 0.826. The molecule has 4 heterocycles. The third-order valence-electron chi connectivity index (χ3n) is 8.78. The lowest BCUT2D eigenvalue weighted by Crippen LogP contribution is -2.57. The summed E-state index contributed by atoms with van der Waals surface area (Å²) >= 11 is 0. The molecule has 1 spiro atoms. The molecule has 1 N–H and O–H groups in total. The van der Waals surface area contributed by atoms with E-state index >= 15 is 0 Å². The summed E-state index contributed by atoms with van der Waals surface area (Å²) in [6.45, 7) is 1.32. The van der Waals surface area contributed by atoms with E-state index in [4.69, 9.17) is 4.52 Å². The molecule has 1 unspecified atom stereocenters. The van der Waals surface area contributed by atoms with Gasteiger partial charge in [0.1, 0.15) is 5.76 Å². The van der Waals surface area contributed by atoms with Crippen molar-refractivity contribution in [2.45, 2.75) is 101 Å². The molecule has 1 aromatic heterocycles. The predicted octanol–water partition coefficient (Wildman–Crippen LogP) is 3.18. The zero-order valence-electron chi connectivity index (χ0n) is 18.7. The fourth-order valence-electron chi connectivity index (χ4n) is 6.79. The Morgan fingerprint density at radius 2 is 1.69 bits per heavy atom. The van der Waals surface area contributed by atoms with Crippen LogP contribution in [0.4, 0.5) is 0 Å². The zero-order chi connectivity index (χ0) is 21.9. The van der Waals surface area contributed by atoms with Gasteiger partial charge >= 0.3 is 0 Å². The molecule has 3 saturated heterocycles. The highest BCUT2D eigenvalue weighted by atomic mass is 32.2. The Kier molecular flexibility index (Phi) is 5.15. The van der Waals surface area contributed by atoms with E-state index < -0.39 is 10.2 Å². The van der Waals surface area contributed by atoms with Gasteiger partial charge in [-0.1, -0.05) is 18.0 Å². The lowest BCUT2D eigenvalue weighted by Gasteiger charge is -2.44. The van der Waals surface area contributed by atoms with Gasteiger partial charge in [0.2, 0.25) is 0 Å². The van der Waals surface area contributed by atoms with Gasteiger partial charge in [0.15, 0.2) is 5.69 Å².